The predicted octanol–water partition coefficient (Wildman–Crippen LogP) is 1.25. The van der Waals surface area contributed by atoms with Gasteiger partial charge in [-0.1, -0.05) is 13.8 Å². The Morgan fingerprint density at radius 3 is 2.75 bits per heavy atom. The van der Waals surface area contributed by atoms with Crippen molar-refractivity contribution < 1.29 is 8.42 Å². The molecule has 0 atom stereocenters. The molecule has 1 aromatic heterocycles. The summed E-state index contributed by atoms with van der Waals surface area (Å²) in [5, 5.41) is 9.87. The van der Waals surface area contributed by atoms with Crippen LogP contribution in [0.2, 0.25) is 0 Å². The van der Waals surface area contributed by atoms with Crippen LogP contribution in [0.5, 0.6) is 0 Å². The van der Waals surface area contributed by atoms with Gasteiger partial charge in [0.15, 0.2) is 0 Å². The second-order valence-corrected chi connectivity index (χ2v) is 8.14. The molecule has 6 nitrogen and oxygen atoms in total. The highest BCUT2D eigenvalue weighted by Gasteiger charge is 2.36. The molecule has 2 heterocycles. The van der Waals surface area contributed by atoms with Gasteiger partial charge in [-0.05, 0) is 32.2 Å². The molecule has 0 bridgehead atoms. The van der Waals surface area contributed by atoms with Crippen LogP contribution in [0.15, 0.2) is 4.90 Å². The molecule has 2 rings (SSSR count). The minimum atomic E-state index is -3.47. The number of rotatable bonds is 4. The highest BCUT2D eigenvalue weighted by Crippen LogP contribution is 2.33. The average Bonchev–Trinajstić information content (AvgIpc) is 2.70. The van der Waals surface area contributed by atoms with Gasteiger partial charge in [0, 0.05) is 19.6 Å². The van der Waals surface area contributed by atoms with Gasteiger partial charge >= 0.3 is 0 Å². The third-order valence-electron chi connectivity index (χ3n) is 3.77. The maximum Gasteiger partial charge on any atom is 0.246 e. The van der Waals surface area contributed by atoms with E-state index in [4.69, 9.17) is 0 Å². The highest BCUT2D eigenvalue weighted by atomic mass is 32.2. The fourth-order valence-corrected chi connectivity index (χ4v) is 4.80. The van der Waals surface area contributed by atoms with Crippen molar-refractivity contribution in [2.24, 2.45) is 5.41 Å². The smallest absolute Gasteiger partial charge is 0.246 e. The van der Waals surface area contributed by atoms with Crippen LogP contribution < -0.4 is 5.32 Å². The molecule has 1 saturated heterocycles. The zero-order valence-corrected chi connectivity index (χ0v) is 13.5. The van der Waals surface area contributed by atoms with Crippen molar-refractivity contribution in [2.75, 3.05) is 20.1 Å². The first kappa shape index (κ1) is 15.5. The third kappa shape index (κ3) is 2.89. The van der Waals surface area contributed by atoms with E-state index >= 15 is 0 Å². The van der Waals surface area contributed by atoms with E-state index in [-0.39, 0.29) is 5.41 Å². The van der Waals surface area contributed by atoms with Crippen molar-refractivity contribution in [3.8, 4) is 0 Å². The summed E-state index contributed by atoms with van der Waals surface area (Å²) in [5.74, 6) is 0. The molecule has 1 fully saturated rings. The molecule has 0 aromatic carbocycles. The first-order chi connectivity index (χ1) is 9.28. The number of hydrogen-bond acceptors (Lipinski definition) is 4. The molecular weight excluding hydrogens is 276 g/mol. The Kier molecular flexibility index (Phi) is 4.22. The SMILES string of the molecule is CNCc1n[nH]c(C)c1S(=O)(=O)N1CCCC(C)(C)C1. The molecule has 0 spiro atoms. The Morgan fingerprint density at radius 2 is 2.15 bits per heavy atom. The lowest BCUT2D eigenvalue weighted by Gasteiger charge is -2.37. The third-order valence-corrected chi connectivity index (χ3v) is 5.82. The standard InChI is InChI=1S/C13H24N4O2S/c1-10-12(11(8-14-4)16-15-10)20(18,19)17-7-5-6-13(2,3)9-17/h14H,5-9H2,1-4H3,(H,15,16). The Bertz CT molecular complexity index is 577. The predicted molar refractivity (Wildman–Crippen MR) is 77.9 cm³/mol. The van der Waals surface area contributed by atoms with E-state index in [0.29, 0.717) is 35.9 Å². The fourth-order valence-electron chi connectivity index (χ4n) is 2.80. The Labute approximate surface area is 121 Å². The number of nitrogens with one attached hydrogen (secondary N) is 2. The van der Waals surface area contributed by atoms with Crippen LogP contribution in [0.1, 0.15) is 38.1 Å². The van der Waals surface area contributed by atoms with Crippen LogP contribution in [0.25, 0.3) is 0 Å². The van der Waals surface area contributed by atoms with Gasteiger partial charge in [-0.25, -0.2) is 8.42 Å². The molecule has 1 aliphatic heterocycles. The number of aromatic nitrogens is 2. The average molecular weight is 300 g/mol. The molecule has 20 heavy (non-hydrogen) atoms. The lowest BCUT2D eigenvalue weighted by atomic mass is 9.85. The van der Waals surface area contributed by atoms with E-state index in [9.17, 15) is 8.42 Å². The zero-order chi connectivity index (χ0) is 15.0. The maximum atomic E-state index is 12.9. The van der Waals surface area contributed by atoms with Crippen molar-refractivity contribution in [1.29, 1.82) is 0 Å². The summed E-state index contributed by atoms with van der Waals surface area (Å²) in [7, 11) is -1.69. The molecule has 0 saturated carbocycles. The summed E-state index contributed by atoms with van der Waals surface area (Å²) in [4.78, 5) is 0.338. The van der Waals surface area contributed by atoms with Crippen LogP contribution in [-0.2, 0) is 16.6 Å². The Hall–Kier alpha value is -0.920. The van der Waals surface area contributed by atoms with Gasteiger partial charge < -0.3 is 5.32 Å². The van der Waals surface area contributed by atoms with Gasteiger partial charge in [0.05, 0.1) is 11.4 Å². The van der Waals surface area contributed by atoms with E-state index in [0.717, 1.165) is 12.8 Å². The van der Waals surface area contributed by atoms with Crippen LogP contribution >= 0.6 is 0 Å². The molecule has 2 N–H and O–H groups in total. The molecule has 7 heteroatoms. The maximum absolute atomic E-state index is 12.9. The molecule has 0 unspecified atom stereocenters. The minimum absolute atomic E-state index is 0.0339. The molecule has 0 amide bonds. The number of aromatic amines is 1. The monoisotopic (exact) mass is 300 g/mol. The quantitative estimate of drug-likeness (QED) is 0.877. The van der Waals surface area contributed by atoms with Crippen molar-refractivity contribution in [3.05, 3.63) is 11.4 Å². The number of H-pyrrole nitrogens is 1. The van der Waals surface area contributed by atoms with Gasteiger partial charge in [0.25, 0.3) is 0 Å². The summed E-state index contributed by atoms with van der Waals surface area (Å²) >= 11 is 0. The van der Waals surface area contributed by atoms with Gasteiger partial charge in [0.2, 0.25) is 10.0 Å². The topological polar surface area (TPSA) is 78.1 Å². The van der Waals surface area contributed by atoms with Gasteiger partial charge in [0.1, 0.15) is 4.90 Å². The Balaban J connectivity index is 2.37. The first-order valence-electron chi connectivity index (χ1n) is 6.96. The fraction of sp³-hybridized carbons (Fsp3) is 0.769. The molecular formula is C13H24N4O2S. The second-order valence-electron chi connectivity index (χ2n) is 6.26. The summed E-state index contributed by atoms with van der Waals surface area (Å²) in [6.07, 6.45) is 1.97. The normalized spacial score (nSPS) is 20.2. The van der Waals surface area contributed by atoms with Crippen LogP contribution in [-0.4, -0.2) is 43.1 Å². The lowest BCUT2D eigenvalue weighted by molar-refractivity contribution is 0.187. The van der Waals surface area contributed by atoms with E-state index in [2.05, 4.69) is 29.4 Å². The van der Waals surface area contributed by atoms with Crippen molar-refractivity contribution in [3.63, 3.8) is 0 Å². The molecule has 1 aromatic rings. The van der Waals surface area contributed by atoms with E-state index in [1.54, 1.807) is 18.3 Å². The number of aryl methyl sites for hydroxylation is 1. The summed E-state index contributed by atoms with van der Waals surface area (Å²) in [5.41, 5.74) is 1.21. The van der Waals surface area contributed by atoms with E-state index in [1.165, 1.54) is 0 Å². The lowest BCUT2D eigenvalue weighted by Crippen LogP contribution is -2.43. The number of hydrogen-bond donors (Lipinski definition) is 2. The molecule has 114 valence electrons. The highest BCUT2D eigenvalue weighted by molar-refractivity contribution is 7.89. The molecule has 0 radical (unpaired) electrons. The van der Waals surface area contributed by atoms with Crippen LogP contribution in [0.3, 0.4) is 0 Å². The van der Waals surface area contributed by atoms with Crippen molar-refractivity contribution in [1.82, 2.24) is 19.8 Å². The van der Waals surface area contributed by atoms with E-state index in [1.807, 2.05) is 0 Å². The summed E-state index contributed by atoms with van der Waals surface area (Å²) in [6.45, 7) is 7.59. The largest absolute Gasteiger partial charge is 0.314 e. The van der Waals surface area contributed by atoms with Crippen molar-refractivity contribution >= 4 is 10.0 Å². The minimum Gasteiger partial charge on any atom is -0.314 e. The summed E-state index contributed by atoms with van der Waals surface area (Å²) < 4.78 is 27.4. The zero-order valence-electron chi connectivity index (χ0n) is 12.7. The van der Waals surface area contributed by atoms with Crippen molar-refractivity contribution in [2.45, 2.75) is 45.1 Å². The Morgan fingerprint density at radius 1 is 1.45 bits per heavy atom. The number of sulfonamides is 1. The van der Waals surface area contributed by atoms with Gasteiger partial charge in [-0.15, -0.1) is 0 Å². The van der Waals surface area contributed by atoms with Crippen LogP contribution in [0.4, 0.5) is 0 Å². The molecule has 0 aliphatic carbocycles. The van der Waals surface area contributed by atoms with Gasteiger partial charge in [-0.2, -0.15) is 9.40 Å². The number of piperidine rings is 1. The van der Waals surface area contributed by atoms with Gasteiger partial charge in [-0.3, -0.25) is 5.10 Å². The van der Waals surface area contributed by atoms with E-state index < -0.39 is 10.0 Å². The number of nitrogens with zero attached hydrogens (tertiary/aromatic N) is 2. The summed E-state index contributed by atoms with van der Waals surface area (Å²) in [6, 6.07) is 0. The van der Waals surface area contributed by atoms with Crippen LogP contribution in [0, 0.1) is 12.3 Å². The first-order valence-corrected chi connectivity index (χ1v) is 8.40. The molecule has 1 aliphatic rings. The second kappa shape index (κ2) is 5.46.